The van der Waals surface area contributed by atoms with Gasteiger partial charge < -0.3 is 5.73 Å². The van der Waals surface area contributed by atoms with Gasteiger partial charge in [-0.3, -0.25) is 0 Å². The SMILES string of the molecule is CC(CCc1ccccc1)n1ncc(Cl)c1N. The zero-order valence-electron chi connectivity index (χ0n) is 9.81. The van der Waals surface area contributed by atoms with Gasteiger partial charge in [0.1, 0.15) is 10.8 Å². The van der Waals surface area contributed by atoms with Crippen molar-refractivity contribution in [3.63, 3.8) is 0 Å². The third-order valence-corrected chi connectivity index (χ3v) is 3.19. The Kier molecular flexibility index (Phi) is 3.69. The molecule has 3 nitrogen and oxygen atoms in total. The van der Waals surface area contributed by atoms with Crippen LogP contribution in [-0.2, 0) is 6.42 Å². The van der Waals surface area contributed by atoms with E-state index in [1.165, 1.54) is 5.56 Å². The Morgan fingerprint density at radius 2 is 2.06 bits per heavy atom. The minimum Gasteiger partial charge on any atom is -0.383 e. The number of benzene rings is 1. The minimum atomic E-state index is 0.253. The lowest BCUT2D eigenvalue weighted by Crippen LogP contribution is -2.11. The number of rotatable bonds is 4. The van der Waals surface area contributed by atoms with Gasteiger partial charge in [0, 0.05) is 0 Å². The van der Waals surface area contributed by atoms with Crippen LogP contribution in [0, 0.1) is 0 Å². The summed E-state index contributed by atoms with van der Waals surface area (Å²) in [5.74, 6) is 0.548. The highest BCUT2D eigenvalue weighted by Crippen LogP contribution is 2.23. The van der Waals surface area contributed by atoms with Crippen molar-refractivity contribution in [2.24, 2.45) is 0 Å². The second kappa shape index (κ2) is 5.23. The van der Waals surface area contributed by atoms with Crippen LogP contribution in [0.4, 0.5) is 5.82 Å². The van der Waals surface area contributed by atoms with Crippen LogP contribution >= 0.6 is 11.6 Å². The molecule has 1 atom stereocenters. The molecule has 2 rings (SSSR count). The molecule has 1 heterocycles. The summed E-state index contributed by atoms with van der Waals surface area (Å²) < 4.78 is 1.78. The molecule has 0 saturated carbocycles. The third-order valence-electron chi connectivity index (χ3n) is 2.90. The predicted molar refractivity (Wildman–Crippen MR) is 71.1 cm³/mol. The standard InChI is InChI=1S/C13H16ClN3/c1-10(17-13(15)12(14)9-16-17)7-8-11-5-3-2-4-6-11/h2-6,9-10H,7-8,15H2,1H3. The Morgan fingerprint density at radius 1 is 1.35 bits per heavy atom. The quantitative estimate of drug-likeness (QED) is 0.904. The van der Waals surface area contributed by atoms with E-state index in [4.69, 9.17) is 17.3 Å². The molecule has 0 spiro atoms. The lowest BCUT2D eigenvalue weighted by Gasteiger charge is -2.13. The molecule has 0 amide bonds. The van der Waals surface area contributed by atoms with E-state index < -0.39 is 0 Å². The van der Waals surface area contributed by atoms with E-state index in [1.54, 1.807) is 10.9 Å². The molecule has 0 fully saturated rings. The summed E-state index contributed by atoms with van der Waals surface area (Å²) in [4.78, 5) is 0. The predicted octanol–water partition coefficient (Wildman–Crippen LogP) is 3.31. The smallest absolute Gasteiger partial charge is 0.140 e. The summed E-state index contributed by atoms with van der Waals surface area (Å²) in [6, 6.07) is 10.7. The Morgan fingerprint density at radius 3 is 2.65 bits per heavy atom. The molecule has 0 bridgehead atoms. The second-order valence-corrected chi connectivity index (χ2v) is 4.60. The number of aromatic nitrogens is 2. The molecular formula is C13H16ClN3. The maximum absolute atomic E-state index is 5.88. The fourth-order valence-electron chi connectivity index (χ4n) is 1.84. The number of halogens is 1. The molecule has 0 aliphatic heterocycles. The number of nitrogens with zero attached hydrogens (tertiary/aromatic N) is 2. The van der Waals surface area contributed by atoms with Crippen molar-refractivity contribution >= 4 is 17.4 Å². The van der Waals surface area contributed by atoms with Gasteiger partial charge in [-0.25, -0.2) is 4.68 Å². The number of aryl methyl sites for hydroxylation is 1. The van der Waals surface area contributed by atoms with E-state index in [2.05, 4.69) is 36.3 Å². The van der Waals surface area contributed by atoms with Crippen LogP contribution in [0.1, 0.15) is 24.9 Å². The highest BCUT2D eigenvalue weighted by Gasteiger charge is 2.11. The molecule has 0 saturated heterocycles. The Hall–Kier alpha value is -1.48. The molecule has 1 aromatic carbocycles. The van der Waals surface area contributed by atoms with E-state index in [-0.39, 0.29) is 6.04 Å². The van der Waals surface area contributed by atoms with Gasteiger partial charge in [0.25, 0.3) is 0 Å². The van der Waals surface area contributed by atoms with Crippen LogP contribution in [0.5, 0.6) is 0 Å². The van der Waals surface area contributed by atoms with Gasteiger partial charge in [-0.05, 0) is 25.3 Å². The van der Waals surface area contributed by atoms with Crippen molar-refractivity contribution < 1.29 is 0 Å². The first kappa shape index (κ1) is 12.0. The van der Waals surface area contributed by atoms with Crippen molar-refractivity contribution in [1.29, 1.82) is 0 Å². The molecule has 2 N–H and O–H groups in total. The average Bonchev–Trinajstić information content (AvgIpc) is 2.69. The number of hydrogen-bond donors (Lipinski definition) is 1. The summed E-state index contributed by atoms with van der Waals surface area (Å²) in [5, 5.41) is 4.71. The van der Waals surface area contributed by atoms with Gasteiger partial charge in [-0.2, -0.15) is 5.10 Å². The summed E-state index contributed by atoms with van der Waals surface area (Å²) in [5.41, 5.74) is 7.17. The van der Waals surface area contributed by atoms with Gasteiger partial charge >= 0.3 is 0 Å². The largest absolute Gasteiger partial charge is 0.383 e. The minimum absolute atomic E-state index is 0.253. The molecule has 2 aromatic rings. The average molecular weight is 250 g/mol. The number of nitrogen functional groups attached to an aromatic ring is 1. The van der Waals surface area contributed by atoms with E-state index in [0.717, 1.165) is 12.8 Å². The number of hydrogen-bond acceptors (Lipinski definition) is 2. The van der Waals surface area contributed by atoms with Gasteiger partial charge in [0.15, 0.2) is 0 Å². The van der Waals surface area contributed by atoms with Gasteiger partial charge in [0.2, 0.25) is 0 Å². The van der Waals surface area contributed by atoms with Crippen molar-refractivity contribution in [3.05, 3.63) is 47.1 Å². The fraction of sp³-hybridized carbons (Fsp3) is 0.308. The van der Waals surface area contributed by atoms with Gasteiger partial charge in [-0.1, -0.05) is 41.9 Å². The molecule has 0 aliphatic carbocycles. The zero-order valence-corrected chi connectivity index (χ0v) is 10.6. The molecule has 17 heavy (non-hydrogen) atoms. The third kappa shape index (κ3) is 2.80. The maximum atomic E-state index is 5.88. The molecule has 0 radical (unpaired) electrons. The van der Waals surface area contributed by atoms with Crippen molar-refractivity contribution in [3.8, 4) is 0 Å². The zero-order chi connectivity index (χ0) is 12.3. The van der Waals surface area contributed by atoms with Crippen molar-refractivity contribution in [2.45, 2.75) is 25.8 Å². The van der Waals surface area contributed by atoms with Gasteiger partial charge in [-0.15, -0.1) is 0 Å². The molecule has 90 valence electrons. The molecular weight excluding hydrogens is 234 g/mol. The lowest BCUT2D eigenvalue weighted by molar-refractivity contribution is 0.466. The maximum Gasteiger partial charge on any atom is 0.140 e. The van der Waals surface area contributed by atoms with Crippen LogP contribution in [0.25, 0.3) is 0 Å². The van der Waals surface area contributed by atoms with E-state index >= 15 is 0 Å². The van der Waals surface area contributed by atoms with Crippen LogP contribution in [0.3, 0.4) is 0 Å². The first-order valence-electron chi connectivity index (χ1n) is 5.71. The van der Waals surface area contributed by atoms with Crippen LogP contribution in [0.2, 0.25) is 5.02 Å². The number of anilines is 1. The highest BCUT2D eigenvalue weighted by molar-refractivity contribution is 6.32. The highest BCUT2D eigenvalue weighted by atomic mass is 35.5. The van der Waals surface area contributed by atoms with E-state index in [9.17, 15) is 0 Å². The Labute approximate surface area is 106 Å². The monoisotopic (exact) mass is 249 g/mol. The second-order valence-electron chi connectivity index (χ2n) is 4.20. The summed E-state index contributed by atoms with van der Waals surface area (Å²) in [7, 11) is 0. The topological polar surface area (TPSA) is 43.8 Å². The summed E-state index contributed by atoms with van der Waals surface area (Å²) in [6.07, 6.45) is 3.60. The summed E-state index contributed by atoms with van der Waals surface area (Å²) >= 11 is 5.88. The van der Waals surface area contributed by atoms with Gasteiger partial charge in [0.05, 0.1) is 12.2 Å². The Balaban J connectivity index is 1.98. The first-order valence-corrected chi connectivity index (χ1v) is 6.08. The van der Waals surface area contributed by atoms with E-state index in [1.807, 2.05) is 6.07 Å². The van der Waals surface area contributed by atoms with Crippen molar-refractivity contribution in [2.75, 3.05) is 5.73 Å². The number of nitrogens with two attached hydrogens (primary N) is 1. The van der Waals surface area contributed by atoms with Crippen molar-refractivity contribution in [1.82, 2.24) is 9.78 Å². The fourth-order valence-corrected chi connectivity index (χ4v) is 1.97. The Bertz CT molecular complexity index is 479. The molecule has 4 heteroatoms. The van der Waals surface area contributed by atoms with Crippen LogP contribution in [0.15, 0.2) is 36.5 Å². The molecule has 1 aromatic heterocycles. The molecule has 0 aliphatic rings. The van der Waals surface area contributed by atoms with Crippen LogP contribution in [-0.4, -0.2) is 9.78 Å². The van der Waals surface area contributed by atoms with E-state index in [0.29, 0.717) is 10.8 Å². The summed E-state index contributed by atoms with van der Waals surface area (Å²) in [6.45, 7) is 2.10. The van der Waals surface area contributed by atoms with Crippen LogP contribution < -0.4 is 5.73 Å². The lowest BCUT2D eigenvalue weighted by atomic mass is 10.1. The first-order chi connectivity index (χ1) is 8.18. The molecule has 1 unspecified atom stereocenters. The normalized spacial score (nSPS) is 12.6.